The maximum absolute atomic E-state index is 12.9. The molecule has 2 saturated carbocycles. The van der Waals surface area contributed by atoms with Gasteiger partial charge >= 0.3 is 0 Å². The van der Waals surface area contributed by atoms with Crippen molar-refractivity contribution in [2.24, 2.45) is 17.6 Å². The van der Waals surface area contributed by atoms with E-state index in [0.29, 0.717) is 0 Å². The summed E-state index contributed by atoms with van der Waals surface area (Å²) < 4.78 is 12.9. The molecular weight excluding hydrogens is 253 g/mol. The number of hydrogen-bond acceptors (Lipinski definition) is 3. The summed E-state index contributed by atoms with van der Waals surface area (Å²) in [5, 5.41) is 0. The predicted molar refractivity (Wildman–Crippen MR) is 77.6 cm³/mol. The quantitative estimate of drug-likeness (QED) is 0.794. The highest BCUT2D eigenvalue weighted by molar-refractivity contribution is 5.09. The second kappa shape index (κ2) is 6.19. The van der Waals surface area contributed by atoms with E-state index in [4.69, 9.17) is 5.73 Å². The Morgan fingerprint density at radius 1 is 1.20 bits per heavy atom. The summed E-state index contributed by atoms with van der Waals surface area (Å²) >= 11 is 0. The Labute approximate surface area is 120 Å². The standard InChI is InChI=1S/C16H24FN3/c17-14-5-6-16(19-9-14)15(18)7-8-20(10-12-1-2-12)11-13-3-4-13/h5-6,9,12-13,15H,1-4,7-8,10-11,18H2. The van der Waals surface area contributed by atoms with E-state index >= 15 is 0 Å². The zero-order valence-corrected chi connectivity index (χ0v) is 12.0. The molecule has 2 fully saturated rings. The second-order valence-corrected chi connectivity index (χ2v) is 6.44. The molecule has 0 aliphatic heterocycles. The van der Waals surface area contributed by atoms with Crippen molar-refractivity contribution < 1.29 is 4.39 Å². The molecule has 1 aromatic heterocycles. The molecule has 4 heteroatoms. The number of nitrogens with two attached hydrogens (primary N) is 1. The van der Waals surface area contributed by atoms with Crippen LogP contribution in [-0.4, -0.2) is 29.5 Å². The minimum absolute atomic E-state index is 0.0866. The molecule has 0 bridgehead atoms. The second-order valence-electron chi connectivity index (χ2n) is 6.44. The van der Waals surface area contributed by atoms with Crippen LogP contribution in [0.2, 0.25) is 0 Å². The van der Waals surface area contributed by atoms with E-state index in [-0.39, 0.29) is 11.9 Å². The minimum atomic E-state index is -0.301. The van der Waals surface area contributed by atoms with Crippen molar-refractivity contribution >= 4 is 0 Å². The third kappa shape index (κ3) is 4.25. The van der Waals surface area contributed by atoms with Gasteiger partial charge in [-0.05, 0) is 56.1 Å². The molecule has 2 aliphatic carbocycles. The van der Waals surface area contributed by atoms with Gasteiger partial charge in [-0.3, -0.25) is 4.98 Å². The van der Waals surface area contributed by atoms with Crippen LogP contribution in [0.25, 0.3) is 0 Å². The van der Waals surface area contributed by atoms with Gasteiger partial charge in [0.2, 0.25) is 0 Å². The van der Waals surface area contributed by atoms with Crippen LogP contribution in [0.5, 0.6) is 0 Å². The van der Waals surface area contributed by atoms with E-state index in [1.165, 1.54) is 51.0 Å². The smallest absolute Gasteiger partial charge is 0.141 e. The molecule has 110 valence electrons. The van der Waals surface area contributed by atoms with Gasteiger partial charge in [0.1, 0.15) is 5.82 Å². The van der Waals surface area contributed by atoms with Gasteiger partial charge in [0.25, 0.3) is 0 Å². The van der Waals surface area contributed by atoms with Crippen LogP contribution in [0.4, 0.5) is 4.39 Å². The topological polar surface area (TPSA) is 42.1 Å². The van der Waals surface area contributed by atoms with Crippen molar-refractivity contribution in [3.8, 4) is 0 Å². The average Bonchev–Trinajstić information content (AvgIpc) is 3.32. The summed E-state index contributed by atoms with van der Waals surface area (Å²) in [6, 6.07) is 3.05. The van der Waals surface area contributed by atoms with Crippen molar-refractivity contribution in [3.05, 3.63) is 29.8 Å². The van der Waals surface area contributed by atoms with Gasteiger partial charge < -0.3 is 10.6 Å². The lowest BCUT2D eigenvalue weighted by atomic mass is 10.1. The molecular formula is C16H24FN3. The predicted octanol–water partition coefficient (Wildman–Crippen LogP) is 2.73. The zero-order chi connectivity index (χ0) is 13.9. The molecule has 0 spiro atoms. The van der Waals surface area contributed by atoms with E-state index in [2.05, 4.69) is 9.88 Å². The maximum Gasteiger partial charge on any atom is 0.141 e. The van der Waals surface area contributed by atoms with Crippen LogP contribution >= 0.6 is 0 Å². The third-order valence-electron chi connectivity index (χ3n) is 4.31. The minimum Gasteiger partial charge on any atom is -0.323 e. The van der Waals surface area contributed by atoms with Gasteiger partial charge in [0.15, 0.2) is 0 Å². The van der Waals surface area contributed by atoms with Gasteiger partial charge in [0, 0.05) is 25.7 Å². The summed E-state index contributed by atoms with van der Waals surface area (Å²) in [5.74, 6) is 1.55. The number of rotatable bonds is 8. The summed E-state index contributed by atoms with van der Waals surface area (Å²) in [6.07, 6.45) is 7.73. The van der Waals surface area contributed by atoms with Gasteiger partial charge in [-0.25, -0.2) is 4.39 Å². The molecule has 1 unspecified atom stereocenters. The van der Waals surface area contributed by atoms with Crippen LogP contribution < -0.4 is 5.73 Å². The molecule has 1 aromatic rings. The lowest BCUT2D eigenvalue weighted by molar-refractivity contribution is 0.243. The number of nitrogens with zero attached hydrogens (tertiary/aromatic N) is 2. The first kappa shape index (κ1) is 14.0. The highest BCUT2D eigenvalue weighted by Crippen LogP contribution is 2.34. The first-order chi connectivity index (χ1) is 9.70. The third-order valence-corrected chi connectivity index (χ3v) is 4.31. The van der Waals surface area contributed by atoms with Crippen LogP contribution in [0, 0.1) is 17.7 Å². The van der Waals surface area contributed by atoms with Crippen molar-refractivity contribution in [3.63, 3.8) is 0 Å². The highest BCUT2D eigenvalue weighted by atomic mass is 19.1. The van der Waals surface area contributed by atoms with E-state index in [1.807, 2.05) is 0 Å². The molecule has 0 aromatic carbocycles. The molecule has 2 N–H and O–H groups in total. The fourth-order valence-corrected chi connectivity index (χ4v) is 2.66. The molecule has 0 saturated heterocycles. The van der Waals surface area contributed by atoms with Crippen LogP contribution in [0.1, 0.15) is 43.8 Å². The van der Waals surface area contributed by atoms with E-state index in [1.54, 1.807) is 6.07 Å². The van der Waals surface area contributed by atoms with Crippen molar-refractivity contribution in [1.82, 2.24) is 9.88 Å². The number of aromatic nitrogens is 1. The number of pyridine rings is 1. The van der Waals surface area contributed by atoms with E-state index < -0.39 is 0 Å². The summed E-state index contributed by atoms with van der Waals surface area (Å²) in [6.45, 7) is 3.51. The summed E-state index contributed by atoms with van der Waals surface area (Å²) in [5.41, 5.74) is 6.97. The van der Waals surface area contributed by atoms with Gasteiger partial charge in [-0.15, -0.1) is 0 Å². The molecule has 20 heavy (non-hydrogen) atoms. The summed E-state index contributed by atoms with van der Waals surface area (Å²) in [4.78, 5) is 6.67. The Morgan fingerprint density at radius 3 is 2.35 bits per heavy atom. The van der Waals surface area contributed by atoms with E-state index in [0.717, 1.165) is 30.5 Å². The van der Waals surface area contributed by atoms with Crippen molar-refractivity contribution in [2.75, 3.05) is 19.6 Å². The molecule has 1 atom stereocenters. The van der Waals surface area contributed by atoms with Gasteiger partial charge in [-0.1, -0.05) is 0 Å². The van der Waals surface area contributed by atoms with Crippen molar-refractivity contribution in [1.29, 1.82) is 0 Å². The molecule has 3 rings (SSSR count). The van der Waals surface area contributed by atoms with Crippen LogP contribution in [0.3, 0.4) is 0 Å². The molecule has 3 nitrogen and oxygen atoms in total. The first-order valence-electron chi connectivity index (χ1n) is 7.80. The Hall–Kier alpha value is -1.00. The Morgan fingerprint density at radius 2 is 1.85 bits per heavy atom. The van der Waals surface area contributed by atoms with E-state index in [9.17, 15) is 4.39 Å². The fourth-order valence-electron chi connectivity index (χ4n) is 2.66. The fraction of sp³-hybridized carbons (Fsp3) is 0.688. The average molecular weight is 277 g/mol. The Bertz CT molecular complexity index is 412. The monoisotopic (exact) mass is 277 g/mol. The van der Waals surface area contributed by atoms with Gasteiger partial charge in [0.05, 0.1) is 11.9 Å². The SMILES string of the molecule is NC(CCN(CC1CC1)CC1CC1)c1ccc(F)cn1. The van der Waals surface area contributed by atoms with Crippen LogP contribution in [-0.2, 0) is 0 Å². The lowest BCUT2D eigenvalue weighted by Gasteiger charge is -2.23. The first-order valence-corrected chi connectivity index (χ1v) is 7.80. The Kier molecular flexibility index (Phi) is 4.32. The largest absolute Gasteiger partial charge is 0.323 e. The zero-order valence-electron chi connectivity index (χ0n) is 12.0. The maximum atomic E-state index is 12.9. The van der Waals surface area contributed by atoms with Crippen molar-refractivity contribution in [2.45, 2.75) is 38.1 Å². The molecule has 0 amide bonds. The summed E-state index contributed by atoms with van der Waals surface area (Å²) in [7, 11) is 0. The highest BCUT2D eigenvalue weighted by Gasteiger charge is 2.29. The molecule has 1 heterocycles. The van der Waals surface area contributed by atoms with Crippen LogP contribution in [0.15, 0.2) is 18.3 Å². The number of hydrogen-bond donors (Lipinski definition) is 1. The lowest BCUT2D eigenvalue weighted by Crippen LogP contribution is -2.31. The molecule has 0 radical (unpaired) electrons. The van der Waals surface area contributed by atoms with Gasteiger partial charge in [-0.2, -0.15) is 0 Å². The molecule has 2 aliphatic rings. The Balaban J connectivity index is 1.48. The number of halogens is 1. The normalized spacial score (nSPS) is 20.4.